The number of nitrogens with zero attached hydrogens (tertiary/aromatic N) is 1. The van der Waals surface area contributed by atoms with Crippen LogP contribution in [0.3, 0.4) is 0 Å². The highest BCUT2D eigenvalue weighted by Gasteiger charge is 2.31. The number of aromatic nitrogens is 2. The van der Waals surface area contributed by atoms with Gasteiger partial charge in [-0.05, 0) is 61.5 Å². The summed E-state index contributed by atoms with van der Waals surface area (Å²) in [4.78, 5) is 33.7. The van der Waals surface area contributed by atoms with Gasteiger partial charge in [0, 0.05) is 17.2 Å². The van der Waals surface area contributed by atoms with E-state index in [1.54, 1.807) is 24.3 Å². The van der Waals surface area contributed by atoms with Crippen LogP contribution in [0.2, 0.25) is 5.02 Å². The Morgan fingerprint density at radius 1 is 1.02 bits per heavy atom. The van der Waals surface area contributed by atoms with Crippen LogP contribution in [0.1, 0.15) is 33.1 Å². The van der Waals surface area contributed by atoms with Gasteiger partial charge in [-0.15, -0.1) is 0 Å². The van der Waals surface area contributed by atoms with E-state index in [4.69, 9.17) is 16.0 Å². The summed E-state index contributed by atoms with van der Waals surface area (Å²) in [5.74, 6) is -0.516. The third-order valence-electron chi connectivity index (χ3n) is 6.13. The zero-order chi connectivity index (χ0) is 29.1. The second-order valence-electron chi connectivity index (χ2n) is 9.16. The number of aromatic amines is 1. The Hall–Kier alpha value is -4.83. The summed E-state index contributed by atoms with van der Waals surface area (Å²) in [6, 6.07) is 19.9. The number of aryl methyl sites for hydroxylation is 1. The van der Waals surface area contributed by atoms with Crippen LogP contribution in [0.5, 0.6) is 0 Å². The van der Waals surface area contributed by atoms with Crippen molar-refractivity contribution in [2.45, 2.75) is 19.6 Å². The van der Waals surface area contributed by atoms with Gasteiger partial charge in [-0.1, -0.05) is 41.4 Å². The van der Waals surface area contributed by atoms with Gasteiger partial charge in [0.25, 0.3) is 11.8 Å². The second kappa shape index (κ2) is 11.3. The molecule has 41 heavy (non-hydrogen) atoms. The van der Waals surface area contributed by atoms with E-state index in [9.17, 15) is 22.8 Å². The van der Waals surface area contributed by atoms with Crippen molar-refractivity contribution in [2.75, 3.05) is 0 Å². The summed E-state index contributed by atoms with van der Waals surface area (Å²) in [7, 11) is 0. The normalized spacial score (nSPS) is 12.0. The predicted molar refractivity (Wildman–Crippen MR) is 149 cm³/mol. The number of imidazole rings is 1. The van der Waals surface area contributed by atoms with Crippen molar-refractivity contribution in [3.05, 3.63) is 118 Å². The smallest absolute Gasteiger partial charge is 0.416 e. The number of rotatable bonds is 7. The van der Waals surface area contributed by atoms with Crippen molar-refractivity contribution in [1.82, 2.24) is 20.6 Å². The van der Waals surface area contributed by atoms with Crippen LogP contribution in [-0.2, 0) is 17.5 Å². The molecule has 0 fully saturated rings. The van der Waals surface area contributed by atoms with Crippen LogP contribution in [-0.4, -0.2) is 21.8 Å². The highest BCUT2D eigenvalue weighted by atomic mass is 35.5. The summed E-state index contributed by atoms with van der Waals surface area (Å²) >= 11 is 6.15. The molecule has 0 aliphatic rings. The number of hydrogen-bond donors (Lipinski definition) is 3. The van der Waals surface area contributed by atoms with Crippen molar-refractivity contribution in [2.24, 2.45) is 0 Å². The van der Waals surface area contributed by atoms with Crippen LogP contribution in [0.15, 0.2) is 89.0 Å². The molecule has 2 heterocycles. The summed E-state index contributed by atoms with van der Waals surface area (Å²) in [5.41, 5.74) is 1.80. The minimum Gasteiger partial charge on any atom is -0.457 e. The average molecular weight is 579 g/mol. The maximum Gasteiger partial charge on any atom is 0.416 e. The Labute approximate surface area is 237 Å². The summed E-state index contributed by atoms with van der Waals surface area (Å²) < 4.78 is 45.5. The average Bonchev–Trinajstić information content (AvgIpc) is 3.58. The summed E-state index contributed by atoms with van der Waals surface area (Å²) in [6.07, 6.45) is -3.29. The highest BCUT2D eigenvalue weighted by molar-refractivity contribution is 6.33. The van der Waals surface area contributed by atoms with Crippen molar-refractivity contribution in [1.29, 1.82) is 0 Å². The molecule has 0 radical (unpaired) electrons. The number of furan rings is 1. The molecule has 0 atom stereocenters. The maximum atomic E-state index is 13.2. The quantitative estimate of drug-likeness (QED) is 0.183. The molecule has 2 aromatic heterocycles. The number of halogens is 4. The van der Waals surface area contributed by atoms with Crippen LogP contribution in [0, 0.1) is 6.92 Å². The van der Waals surface area contributed by atoms with E-state index in [-0.39, 0.29) is 34.3 Å². The summed E-state index contributed by atoms with van der Waals surface area (Å²) in [5, 5.41) is 5.37. The Morgan fingerprint density at radius 3 is 2.51 bits per heavy atom. The lowest BCUT2D eigenvalue weighted by molar-refractivity contribution is -0.137. The second-order valence-corrected chi connectivity index (χ2v) is 9.56. The van der Waals surface area contributed by atoms with E-state index in [0.29, 0.717) is 11.4 Å². The topological polar surface area (TPSA) is 100 Å². The Morgan fingerprint density at radius 2 is 1.78 bits per heavy atom. The van der Waals surface area contributed by atoms with Gasteiger partial charge < -0.3 is 20.0 Å². The first-order chi connectivity index (χ1) is 19.6. The Bertz CT molecular complexity index is 1740. The monoisotopic (exact) mass is 578 g/mol. The number of nitrogens with one attached hydrogen (secondary N) is 3. The van der Waals surface area contributed by atoms with Crippen molar-refractivity contribution < 1.29 is 27.2 Å². The molecule has 0 spiro atoms. The molecule has 0 saturated carbocycles. The molecule has 7 nitrogen and oxygen atoms in total. The third-order valence-corrected chi connectivity index (χ3v) is 6.46. The Balaban J connectivity index is 1.42. The lowest BCUT2D eigenvalue weighted by atomic mass is 10.1. The molecule has 0 unspecified atom stereocenters. The molecule has 0 aliphatic carbocycles. The van der Waals surface area contributed by atoms with Gasteiger partial charge in [-0.2, -0.15) is 13.2 Å². The number of carbonyl (C=O) groups excluding carboxylic acids is 2. The predicted octanol–water partition coefficient (Wildman–Crippen LogP) is 6.89. The van der Waals surface area contributed by atoms with Gasteiger partial charge in [0.1, 0.15) is 23.0 Å². The number of amides is 2. The molecule has 3 aromatic carbocycles. The van der Waals surface area contributed by atoms with Crippen LogP contribution in [0.4, 0.5) is 13.2 Å². The number of alkyl halides is 3. The fourth-order valence-electron chi connectivity index (χ4n) is 4.01. The molecule has 0 saturated heterocycles. The fourth-order valence-corrected chi connectivity index (χ4v) is 4.22. The van der Waals surface area contributed by atoms with Crippen LogP contribution >= 0.6 is 11.6 Å². The lowest BCUT2D eigenvalue weighted by Gasteiger charge is -2.10. The molecule has 0 bridgehead atoms. The summed E-state index contributed by atoms with van der Waals surface area (Å²) in [6.45, 7) is 1.91. The molecular weight excluding hydrogens is 557 g/mol. The van der Waals surface area contributed by atoms with Crippen LogP contribution in [0.25, 0.3) is 28.4 Å². The fraction of sp³-hybridized carbons (Fsp3) is 0.100. The van der Waals surface area contributed by atoms with E-state index in [1.807, 2.05) is 31.2 Å². The van der Waals surface area contributed by atoms with Gasteiger partial charge >= 0.3 is 6.18 Å². The maximum absolute atomic E-state index is 13.2. The minimum atomic E-state index is -4.57. The van der Waals surface area contributed by atoms with Gasteiger partial charge in [0.05, 0.1) is 28.2 Å². The van der Waals surface area contributed by atoms with Crippen molar-refractivity contribution in [3.63, 3.8) is 0 Å². The van der Waals surface area contributed by atoms with Crippen molar-refractivity contribution in [3.8, 4) is 11.3 Å². The minimum absolute atomic E-state index is 0.0284. The van der Waals surface area contributed by atoms with E-state index in [2.05, 4.69) is 20.6 Å². The zero-order valence-corrected chi connectivity index (χ0v) is 22.2. The van der Waals surface area contributed by atoms with E-state index < -0.39 is 23.6 Å². The third kappa shape index (κ3) is 6.50. The standard InChI is InChI=1S/C30H22ClF3N4O3/c1-17-6-8-18(9-7-17)28(39)38-25(29(40)35-16-27-36-23-4-2-3-5-24(23)37-27)15-20-11-13-26(41-20)21-14-19(30(32,33)34)10-12-22(21)31/h2-15H,16H2,1H3,(H,35,40)(H,36,37)(H,38,39). The largest absolute Gasteiger partial charge is 0.457 e. The SMILES string of the molecule is Cc1ccc(C(=O)NC(=Cc2ccc(-c3cc(C(F)(F)F)ccc3Cl)o2)C(=O)NCc2nc3ccccc3[nH]2)cc1. The first kappa shape index (κ1) is 27.7. The van der Waals surface area contributed by atoms with Crippen molar-refractivity contribution >= 4 is 40.5 Å². The first-order valence-electron chi connectivity index (χ1n) is 12.4. The van der Waals surface area contributed by atoms with Gasteiger partial charge in [0.15, 0.2) is 0 Å². The highest BCUT2D eigenvalue weighted by Crippen LogP contribution is 2.36. The molecule has 11 heteroatoms. The number of benzene rings is 3. The van der Waals surface area contributed by atoms with E-state index in [0.717, 1.165) is 34.8 Å². The Kier molecular flexibility index (Phi) is 7.67. The molecule has 3 N–H and O–H groups in total. The molecule has 2 amide bonds. The lowest BCUT2D eigenvalue weighted by Crippen LogP contribution is -2.34. The number of carbonyl (C=O) groups is 2. The van der Waals surface area contributed by atoms with E-state index >= 15 is 0 Å². The van der Waals surface area contributed by atoms with Crippen LogP contribution < -0.4 is 10.6 Å². The molecule has 0 aliphatic heterocycles. The molecular formula is C30H22ClF3N4O3. The van der Waals surface area contributed by atoms with E-state index in [1.165, 1.54) is 18.2 Å². The number of hydrogen-bond acceptors (Lipinski definition) is 4. The number of H-pyrrole nitrogens is 1. The van der Waals surface area contributed by atoms with Gasteiger partial charge in [0.2, 0.25) is 0 Å². The number of fused-ring (bicyclic) bond motifs is 1. The zero-order valence-electron chi connectivity index (χ0n) is 21.5. The number of para-hydroxylation sites is 2. The van der Waals surface area contributed by atoms with Gasteiger partial charge in [-0.25, -0.2) is 4.98 Å². The molecule has 5 rings (SSSR count). The van der Waals surface area contributed by atoms with Gasteiger partial charge in [-0.3, -0.25) is 9.59 Å². The first-order valence-corrected chi connectivity index (χ1v) is 12.7. The molecule has 208 valence electrons. The molecule has 5 aromatic rings.